The Balaban J connectivity index is 1.43. The van der Waals surface area contributed by atoms with Gasteiger partial charge in [0, 0.05) is 32.2 Å². The molecule has 2 fully saturated rings. The predicted octanol–water partition coefficient (Wildman–Crippen LogP) is 2.81. The Labute approximate surface area is 161 Å². The van der Waals surface area contributed by atoms with Gasteiger partial charge in [0.2, 0.25) is 5.91 Å². The van der Waals surface area contributed by atoms with Gasteiger partial charge in [0.25, 0.3) is 0 Å². The summed E-state index contributed by atoms with van der Waals surface area (Å²) < 4.78 is 5.63. The van der Waals surface area contributed by atoms with Crippen molar-refractivity contribution in [3.05, 3.63) is 29.8 Å². The second-order valence-corrected chi connectivity index (χ2v) is 7.79. The van der Waals surface area contributed by atoms with Crippen LogP contribution in [0.15, 0.2) is 24.3 Å². The van der Waals surface area contributed by atoms with E-state index < -0.39 is 0 Å². The van der Waals surface area contributed by atoms with E-state index in [2.05, 4.69) is 5.32 Å². The Morgan fingerprint density at radius 3 is 2.22 bits per heavy atom. The summed E-state index contributed by atoms with van der Waals surface area (Å²) in [7, 11) is 0. The van der Waals surface area contributed by atoms with Gasteiger partial charge in [-0.3, -0.25) is 4.79 Å². The van der Waals surface area contributed by atoms with Crippen molar-refractivity contribution in [3.8, 4) is 5.75 Å². The first-order valence-electron chi connectivity index (χ1n) is 10.1. The van der Waals surface area contributed by atoms with Gasteiger partial charge in [-0.05, 0) is 44.4 Å². The largest absolute Gasteiger partial charge is 0.491 e. The molecule has 1 aromatic rings. The number of carbonyl (C=O) groups excluding carboxylic acids is 2. The average molecular weight is 373 g/mol. The van der Waals surface area contributed by atoms with Gasteiger partial charge in [0.15, 0.2) is 0 Å². The van der Waals surface area contributed by atoms with Crippen molar-refractivity contribution in [2.75, 3.05) is 26.2 Å². The highest BCUT2D eigenvalue weighted by Crippen LogP contribution is 2.18. The fourth-order valence-electron chi connectivity index (χ4n) is 3.74. The van der Waals surface area contributed by atoms with Gasteiger partial charge in [-0.2, -0.15) is 0 Å². The summed E-state index contributed by atoms with van der Waals surface area (Å²) >= 11 is 0. The van der Waals surface area contributed by atoms with Crippen LogP contribution in [0.5, 0.6) is 5.75 Å². The van der Waals surface area contributed by atoms with Crippen molar-refractivity contribution in [2.24, 2.45) is 0 Å². The van der Waals surface area contributed by atoms with Gasteiger partial charge in [-0.15, -0.1) is 0 Å². The van der Waals surface area contributed by atoms with Crippen molar-refractivity contribution in [3.63, 3.8) is 0 Å². The third-order valence-corrected chi connectivity index (χ3v) is 5.25. The van der Waals surface area contributed by atoms with Crippen LogP contribution in [-0.2, 0) is 11.2 Å². The van der Waals surface area contributed by atoms with E-state index in [1.165, 1.54) is 12.8 Å². The van der Waals surface area contributed by atoms with E-state index in [1.807, 2.05) is 47.9 Å². The van der Waals surface area contributed by atoms with Crippen LogP contribution in [0.1, 0.15) is 45.1 Å². The number of urea groups is 1. The fraction of sp³-hybridized carbons (Fsp3) is 0.619. The summed E-state index contributed by atoms with van der Waals surface area (Å²) in [5, 5.41) is 3.12. The molecule has 3 amide bonds. The second kappa shape index (κ2) is 9.11. The van der Waals surface area contributed by atoms with Gasteiger partial charge >= 0.3 is 6.03 Å². The summed E-state index contributed by atoms with van der Waals surface area (Å²) in [6.45, 7) is 6.39. The Morgan fingerprint density at radius 1 is 1.04 bits per heavy atom. The smallest absolute Gasteiger partial charge is 0.317 e. The van der Waals surface area contributed by atoms with Crippen LogP contribution in [0.2, 0.25) is 0 Å². The minimum absolute atomic E-state index is 0.0229. The molecule has 1 aliphatic carbocycles. The number of ether oxygens (including phenoxy) is 1. The number of hydrogen-bond acceptors (Lipinski definition) is 3. The molecular weight excluding hydrogens is 342 g/mol. The summed E-state index contributed by atoms with van der Waals surface area (Å²) in [5.41, 5.74) is 0.984. The number of amides is 3. The molecule has 0 aromatic heterocycles. The minimum atomic E-state index is 0.0229. The Morgan fingerprint density at radius 2 is 1.63 bits per heavy atom. The van der Waals surface area contributed by atoms with Gasteiger partial charge < -0.3 is 19.9 Å². The van der Waals surface area contributed by atoms with Crippen LogP contribution < -0.4 is 10.1 Å². The molecule has 0 radical (unpaired) electrons. The topological polar surface area (TPSA) is 61.9 Å². The molecule has 6 heteroatoms. The lowest BCUT2D eigenvalue weighted by atomic mass is 10.1. The summed E-state index contributed by atoms with van der Waals surface area (Å²) in [6.07, 6.45) is 5.11. The van der Waals surface area contributed by atoms with Gasteiger partial charge in [-0.25, -0.2) is 4.79 Å². The molecule has 1 aliphatic heterocycles. The van der Waals surface area contributed by atoms with Crippen molar-refractivity contribution in [2.45, 2.75) is 58.1 Å². The standard InChI is InChI=1S/C21H31N3O3/c1-16(2)27-19-9-7-17(8-10-19)15-20(25)23-11-13-24(14-12-23)21(26)22-18-5-3-4-6-18/h7-10,16,18H,3-6,11-15H2,1-2H3,(H,22,26). The molecule has 27 heavy (non-hydrogen) atoms. The summed E-state index contributed by atoms with van der Waals surface area (Å²) in [6, 6.07) is 8.07. The van der Waals surface area contributed by atoms with E-state index >= 15 is 0 Å². The molecule has 0 unspecified atom stereocenters. The minimum Gasteiger partial charge on any atom is -0.491 e. The van der Waals surface area contributed by atoms with Crippen LogP contribution in [0.3, 0.4) is 0 Å². The molecular formula is C21H31N3O3. The highest BCUT2D eigenvalue weighted by molar-refractivity contribution is 5.79. The molecule has 148 valence electrons. The third kappa shape index (κ3) is 5.62. The number of nitrogens with one attached hydrogen (secondary N) is 1. The van der Waals surface area contributed by atoms with Crippen molar-refractivity contribution in [1.82, 2.24) is 15.1 Å². The Hall–Kier alpha value is -2.24. The van der Waals surface area contributed by atoms with Crippen LogP contribution in [0, 0.1) is 0 Å². The monoisotopic (exact) mass is 373 g/mol. The number of piperazine rings is 1. The predicted molar refractivity (Wildman–Crippen MR) is 105 cm³/mol. The zero-order valence-electron chi connectivity index (χ0n) is 16.4. The van der Waals surface area contributed by atoms with E-state index in [9.17, 15) is 9.59 Å². The first kappa shape index (κ1) is 19.5. The first-order chi connectivity index (χ1) is 13.0. The van der Waals surface area contributed by atoms with Gasteiger partial charge in [-0.1, -0.05) is 25.0 Å². The second-order valence-electron chi connectivity index (χ2n) is 7.79. The zero-order chi connectivity index (χ0) is 19.2. The normalized spacial score (nSPS) is 18.0. The highest BCUT2D eigenvalue weighted by atomic mass is 16.5. The van der Waals surface area contributed by atoms with Crippen molar-refractivity contribution in [1.29, 1.82) is 0 Å². The number of benzene rings is 1. The lowest BCUT2D eigenvalue weighted by Crippen LogP contribution is -2.54. The summed E-state index contributed by atoms with van der Waals surface area (Å²) in [5.74, 6) is 0.937. The molecule has 0 atom stereocenters. The molecule has 1 saturated carbocycles. The molecule has 1 heterocycles. The molecule has 0 spiro atoms. The molecule has 3 rings (SSSR count). The van der Waals surface area contributed by atoms with Crippen LogP contribution >= 0.6 is 0 Å². The first-order valence-corrected chi connectivity index (χ1v) is 10.1. The zero-order valence-corrected chi connectivity index (χ0v) is 16.4. The fourth-order valence-corrected chi connectivity index (χ4v) is 3.74. The van der Waals surface area contributed by atoms with E-state index in [-0.39, 0.29) is 18.0 Å². The van der Waals surface area contributed by atoms with Gasteiger partial charge in [0.05, 0.1) is 12.5 Å². The molecule has 1 saturated heterocycles. The number of hydrogen-bond donors (Lipinski definition) is 1. The Bertz CT molecular complexity index is 631. The lowest BCUT2D eigenvalue weighted by Gasteiger charge is -2.35. The van der Waals surface area contributed by atoms with E-state index in [0.717, 1.165) is 24.2 Å². The van der Waals surface area contributed by atoms with Crippen molar-refractivity contribution >= 4 is 11.9 Å². The van der Waals surface area contributed by atoms with Crippen LogP contribution in [-0.4, -0.2) is 60.1 Å². The number of carbonyl (C=O) groups is 2. The SMILES string of the molecule is CC(C)Oc1ccc(CC(=O)N2CCN(C(=O)NC3CCCC3)CC2)cc1. The molecule has 6 nitrogen and oxygen atoms in total. The summed E-state index contributed by atoms with van der Waals surface area (Å²) in [4.78, 5) is 28.6. The lowest BCUT2D eigenvalue weighted by molar-refractivity contribution is -0.131. The Kier molecular flexibility index (Phi) is 6.58. The molecule has 0 bridgehead atoms. The van der Waals surface area contributed by atoms with E-state index in [0.29, 0.717) is 38.6 Å². The third-order valence-electron chi connectivity index (χ3n) is 5.25. The molecule has 2 aliphatic rings. The van der Waals surface area contributed by atoms with Crippen molar-refractivity contribution < 1.29 is 14.3 Å². The van der Waals surface area contributed by atoms with Gasteiger partial charge in [0.1, 0.15) is 5.75 Å². The highest BCUT2D eigenvalue weighted by Gasteiger charge is 2.26. The number of nitrogens with zero attached hydrogens (tertiary/aromatic N) is 2. The van der Waals surface area contributed by atoms with E-state index in [4.69, 9.17) is 4.74 Å². The number of rotatable bonds is 5. The maximum Gasteiger partial charge on any atom is 0.317 e. The molecule has 1 N–H and O–H groups in total. The maximum absolute atomic E-state index is 12.6. The van der Waals surface area contributed by atoms with E-state index in [1.54, 1.807) is 0 Å². The average Bonchev–Trinajstić information content (AvgIpc) is 3.16. The van der Waals surface area contributed by atoms with Crippen LogP contribution in [0.4, 0.5) is 4.79 Å². The quantitative estimate of drug-likeness (QED) is 0.863. The molecule has 1 aromatic carbocycles. The van der Waals surface area contributed by atoms with Crippen LogP contribution in [0.25, 0.3) is 0 Å². The maximum atomic E-state index is 12.6.